The van der Waals surface area contributed by atoms with Crippen LogP contribution in [-0.4, -0.2) is 33.3 Å². The lowest BCUT2D eigenvalue weighted by atomic mass is 10.2. The van der Waals surface area contributed by atoms with Crippen molar-refractivity contribution in [1.82, 2.24) is 14.9 Å². The monoisotopic (exact) mass is 483 g/mol. The van der Waals surface area contributed by atoms with Crippen LogP contribution in [0.15, 0.2) is 72.8 Å². The number of hydrogen-bond donors (Lipinski definition) is 2. The third kappa shape index (κ3) is 6.05. The Hall–Kier alpha value is -3.06. The molecule has 2 N–H and O–H groups in total. The van der Waals surface area contributed by atoms with Crippen molar-refractivity contribution in [3.63, 3.8) is 0 Å². The molecule has 8 heteroatoms. The van der Waals surface area contributed by atoms with Crippen LogP contribution in [0.3, 0.4) is 0 Å². The Labute approximate surface area is 201 Å². The predicted octanol–water partition coefficient (Wildman–Crippen LogP) is 4.64. The van der Waals surface area contributed by atoms with Gasteiger partial charge < -0.3 is 19.7 Å². The molecule has 33 heavy (non-hydrogen) atoms. The number of carbonyl (C=O) groups excluding carboxylic acids is 1. The van der Waals surface area contributed by atoms with Crippen LogP contribution in [0.25, 0.3) is 11.0 Å². The molecule has 0 saturated heterocycles. The largest absolute Gasteiger partial charge is 0.489 e. The molecule has 4 rings (SSSR count). The Kier molecular flexibility index (Phi) is 7.50. The number of rotatable bonds is 9. The first kappa shape index (κ1) is 23.1. The minimum atomic E-state index is -0.847. The van der Waals surface area contributed by atoms with E-state index >= 15 is 0 Å². The first-order chi connectivity index (χ1) is 16.0. The van der Waals surface area contributed by atoms with Crippen molar-refractivity contribution in [2.45, 2.75) is 25.6 Å². The maximum Gasteiger partial charge on any atom is 0.227 e. The summed E-state index contributed by atoms with van der Waals surface area (Å²) in [6.07, 6.45) is -0.751. The van der Waals surface area contributed by atoms with Crippen LogP contribution >= 0.6 is 23.2 Å². The quantitative estimate of drug-likeness (QED) is 0.363. The summed E-state index contributed by atoms with van der Waals surface area (Å²) < 4.78 is 7.53. The van der Waals surface area contributed by atoms with Crippen LogP contribution in [0, 0.1) is 0 Å². The molecule has 1 amide bonds. The summed E-state index contributed by atoms with van der Waals surface area (Å²) in [6, 6.07) is 22.2. The summed E-state index contributed by atoms with van der Waals surface area (Å²) in [5, 5.41) is 14.5. The van der Waals surface area contributed by atoms with Gasteiger partial charge in [0.15, 0.2) is 0 Å². The fourth-order valence-electron chi connectivity index (χ4n) is 3.51. The van der Waals surface area contributed by atoms with Gasteiger partial charge in [0.25, 0.3) is 0 Å². The highest BCUT2D eigenvalue weighted by atomic mass is 35.5. The molecular formula is C25H23Cl2N3O3. The second-order valence-electron chi connectivity index (χ2n) is 7.61. The highest BCUT2D eigenvalue weighted by Crippen LogP contribution is 2.27. The molecule has 170 valence electrons. The average Bonchev–Trinajstić information content (AvgIpc) is 3.14. The van der Waals surface area contributed by atoms with E-state index in [9.17, 15) is 9.90 Å². The van der Waals surface area contributed by atoms with E-state index in [1.807, 2.05) is 59.2 Å². The average molecular weight is 484 g/mol. The Bertz CT molecular complexity index is 1240. The third-order valence-electron chi connectivity index (χ3n) is 5.10. The number of carbonyl (C=O) groups is 1. The van der Waals surface area contributed by atoms with E-state index in [0.717, 1.165) is 16.6 Å². The molecule has 0 unspecified atom stereocenters. The molecule has 6 nitrogen and oxygen atoms in total. The van der Waals surface area contributed by atoms with Crippen molar-refractivity contribution in [1.29, 1.82) is 0 Å². The molecule has 0 fully saturated rings. The first-order valence-corrected chi connectivity index (χ1v) is 11.3. The third-order valence-corrected chi connectivity index (χ3v) is 5.63. The van der Waals surface area contributed by atoms with Crippen LogP contribution in [0.1, 0.15) is 11.4 Å². The molecule has 1 heterocycles. The number of nitrogens with zero attached hydrogens (tertiary/aromatic N) is 2. The number of aliphatic hydroxyl groups excluding tert-OH is 1. The Balaban J connectivity index is 1.44. The predicted molar refractivity (Wildman–Crippen MR) is 130 cm³/mol. The van der Waals surface area contributed by atoms with E-state index in [4.69, 9.17) is 27.9 Å². The van der Waals surface area contributed by atoms with E-state index in [2.05, 4.69) is 10.3 Å². The van der Waals surface area contributed by atoms with Crippen molar-refractivity contribution in [3.05, 3.63) is 94.2 Å². The Morgan fingerprint density at radius 2 is 1.82 bits per heavy atom. The molecule has 0 aliphatic rings. The lowest BCUT2D eigenvalue weighted by Crippen LogP contribution is -2.28. The molecule has 4 aromatic rings. The smallest absolute Gasteiger partial charge is 0.227 e. The zero-order chi connectivity index (χ0) is 23.2. The van der Waals surface area contributed by atoms with Gasteiger partial charge in [-0.15, -0.1) is 0 Å². The Morgan fingerprint density at radius 3 is 2.61 bits per heavy atom. The molecule has 3 aromatic carbocycles. The maximum atomic E-state index is 12.6. The second kappa shape index (κ2) is 10.7. The summed E-state index contributed by atoms with van der Waals surface area (Å²) in [6.45, 7) is 0.679. The summed E-state index contributed by atoms with van der Waals surface area (Å²) in [5.41, 5.74) is 2.62. The SMILES string of the molecule is O=C(Cc1nc2ccccc2n1C[C@@H](O)COc1ccc(Cl)cc1Cl)NCc1ccccc1. The van der Waals surface area contributed by atoms with Gasteiger partial charge >= 0.3 is 0 Å². The number of halogens is 2. The standard InChI is InChI=1S/C25H23Cl2N3O3/c26-18-10-11-23(20(27)12-18)33-16-19(31)15-30-22-9-5-4-8-21(22)29-24(30)13-25(32)28-14-17-6-2-1-3-7-17/h1-12,19,31H,13-16H2,(H,28,32)/t19-/m1/s1. The van der Waals surface area contributed by atoms with Gasteiger partial charge in [0, 0.05) is 11.6 Å². The van der Waals surface area contributed by atoms with Crippen LogP contribution in [0.5, 0.6) is 5.75 Å². The minimum Gasteiger partial charge on any atom is -0.489 e. The van der Waals surface area contributed by atoms with Crippen molar-refractivity contribution in [3.8, 4) is 5.75 Å². The van der Waals surface area contributed by atoms with Gasteiger partial charge in [0.2, 0.25) is 5.91 Å². The lowest BCUT2D eigenvalue weighted by molar-refractivity contribution is -0.120. The van der Waals surface area contributed by atoms with Crippen molar-refractivity contribution < 1.29 is 14.6 Å². The van der Waals surface area contributed by atoms with E-state index < -0.39 is 6.10 Å². The summed E-state index contributed by atoms with van der Waals surface area (Å²) in [4.78, 5) is 17.2. The second-order valence-corrected chi connectivity index (χ2v) is 8.45. The van der Waals surface area contributed by atoms with Gasteiger partial charge in [-0.05, 0) is 35.9 Å². The first-order valence-electron chi connectivity index (χ1n) is 10.5. The summed E-state index contributed by atoms with van der Waals surface area (Å²) in [7, 11) is 0. The van der Waals surface area contributed by atoms with E-state index in [0.29, 0.717) is 28.2 Å². The van der Waals surface area contributed by atoms with E-state index in [-0.39, 0.29) is 25.5 Å². The van der Waals surface area contributed by atoms with Crippen molar-refractivity contribution in [2.75, 3.05) is 6.61 Å². The molecule has 0 saturated carbocycles. The number of para-hydroxylation sites is 2. The molecule has 0 radical (unpaired) electrons. The van der Waals surface area contributed by atoms with E-state index in [1.54, 1.807) is 18.2 Å². The number of aliphatic hydroxyl groups is 1. The van der Waals surface area contributed by atoms with Gasteiger partial charge in [-0.2, -0.15) is 0 Å². The van der Waals surface area contributed by atoms with Crippen molar-refractivity contribution in [2.24, 2.45) is 0 Å². The fraction of sp³-hybridized carbons (Fsp3) is 0.200. The molecule has 1 aromatic heterocycles. The molecule has 0 aliphatic carbocycles. The van der Waals surface area contributed by atoms with Gasteiger partial charge in [0.1, 0.15) is 24.3 Å². The molecule has 0 spiro atoms. The number of nitrogens with one attached hydrogen (secondary N) is 1. The number of fused-ring (bicyclic) bond motifs is 1. The molecular weight excluding hydrogens is 461 g/mol. The highest BCUT2D eigenvalue weighted by Gasteiger charge is 2.17. The zero-order valence-corrected chi connectivity index (χ0v) is 19.3. The lowest BCUT2D eigenvalue weighted by Gasteiger charge is -2.16. The van der Waals surface area contributed by atoms with Crippen LogP contribution < -0.4 is 10.1 Å². The van der Waals surface area contributed by atoms with Gasteiger partial charge in [-0.25, -0.2) is 4.98 Å². The minimum absolute atomic E-state index is 0.0213. The number of ether oxygens (including phenoxy) is 1. The van der Waals surface area contributed by atoms with Crippen molar-refractivity contribution >= 4 is 40.1 Å². The van der Waals surface area contributed by atoms with Gasteiger partial charge in [-0.1, -0.05) is 65.7 Å². The van der Waals surface area contributed by atoms with E-state index in [1.165, 1.54) is 0 Å². The number of amides is 1. The molecule has 1 atom stereocenters. The van der Waals surface area contributed by atoms with Gasteiger partial charge in [0.05, 0.1) is 29.0 Å². The number of hydrogen-bond acceptors (Lipinski definition) is 4. The highest BCUT2D eigenvalue weighted by molar-refractivity contribution is 6.35. The number of imidazole rings is 1. The van der Waals surface area contributed by atoms with Crippen LogP contribution in [-0.2, 0) is 24.3 Å². The van der Waals surface area contributed by atoms with Gasteiger partial charge in [-0.3, -0.25) is 4.79 Å². The number of benzene rings is 3. The Morgan fingerprint density at radius 1 is 1.06 bits per heavy atom. The molecule has 0 bridgehead atoms. The normalized spacial score (nSPS) is 12.0. The maximum absolute atomic E-state index is 12.6. The van der Waals surface area contributed by atoms with Crippen LogP contribution in [0.4, 0.5) is 0 Å². The summed E-state index contributed by atoms with van der Waals surface area (Å²) >= 11 is 12.1. The molecule has 0 aliphatic heterocycles. The number of aromatic nitrogens is 2. The fourth-order valence-corrected chi connectivity index (χ4v) is 3.97. The summed E-state index contributed by atoms with van der Waals surface area (Å²) in [5.74, 6) is 0.871. The topological polar surface area (TPSA) is 76.4 Å². The van der Waals surface area contributed by atoms with Crippen LogP contribution in [0.2, 0.25) is 10.0 Å². The zero-order valence-electron chi connectivity index (χ0n) is 17.7.